The summed E-state index contributed by atoms with van der Waals surface area (Å²) >= 11 is 0. The van der Waals surface area contributed by atoms with E-state index in [1.54, 1.807) is 49.4 Å². The summed E-state index contributed by atoms with van der Waals surface area (Å²) in [6.45, 7) is 4.78. The van der Waals surface area contributed by atoms with E-state index in [1.807, 2.05) is 0 Å². The molecule has 36 heavy (non-hydrogen) atoms. The highest BCUT2D eigenvalue weighted by Gasteiger charge is 2.15. The first-order chi connectivity index (χ1) is 17.5. The number of oxime groups is 1. The lowest BCUT2D eigenvalue weighted by Gasteiger charge is -2.14. The van der Waals surface area contributed by atoms with Crippen molar-refractivity contribution < 1.29 is 29.4 Å². The Hall–Kier alpha value is -3.35. The second-order valence-corrected chi connectivity index (χ2v) is 8.79. The molecule has 196 valence electrons. The topological polar surface area (TPSA) is 105 Å². The highest BCUT2D eigenvalue weighted by molar-refractivity contribution is 6.13. The maximum Gasteiger partial charge on any atom is 0.338 e. The van der Waals surface area contributed by atoms with Gasteiger partial charge in [-0.05, 0) is 55.7 Å². The molecule has 0 saturated heterocycles. The molecule has 0 radical (unpaired) electrons. The molecule has 0 bridgehead atoms. The number of unbranched alkanes of at least 4 members (excludes halogenated alkanes) is 7. The fourth-order valence-electron chi connectivity index (χ4n) is 4.01. The number of nitrogens with zero attached hydrogens (tertiary/aromatic N) is 1. The minimum atomic E-state index is -0.896. The Kier molecular flexibility index (Phi) is 13.1. The molecule has 0 amide bonds. The normalized spacial score (nSPS) is 11.3. The zero-order chi connectivity index (χ0) is 26.2. The van der Waals surface area contributed by atoms with Crippen LogP contribution in [0, 0.1) is 0 Å². The highest BCUT2D eigenvalue weighted by atomic mass is 16.5. The molecule has 0 spiro atoms. The molecule has 0 unspecified atom stereocenters. The zero-order valence-electron chi connectivity index (χ0n) is 21.5. The highest BCUT2D eigenvalue weighted by Crippen LogP contribution is 2.25. The van der Waals surface area contributed by atoms with Crippen LogP contribution in [0.3, 0.4) is 0 Å². The summed E-state index contributed by atoms with van der Waals surface area (Å²) in [4.78, 5) is 23.3. The first-order valence-electron chi connectivity index (χ1n) is 13.0. The third-order valence-corrected chi connectivity index (χ3v) is 5.94. The number of rotatable bonds is 17. The van der Waals surface area contributed by atoms with E-state index < -0.39 is 11.9 Å². The molecular weight excluding hydrogens is 458 g/mol. The van der Waals surface area contributed by atoms with Crippen LogP contribution in [0.2, 0.25) is 0 Å². The van der Waals surface area contributed by atoms with Gasteiger partial charge in [0.25, 0.3) is 0 Å². The Morgan fingerprint density at radius 2 is 1.53 bits per heavy atom. The van der Waals surface area contributed by atoms with Crippen molar-refractivity contribution in [1.82, 2.24) is 0 Å². The molecule has 2 rings (SSSR count). The number of hydrogen-bond acceptors (Lipinski definition) is 6. The number of ether oxygens (including phenoxy) is 2. The van der Waals surface area contributed by atoms with E-state index in [4.69, 9.17) is 9.47 Å². The van der Waals surface area contributed by atoms with E-state index in [-0.39, 0.29) is 25.2 Å². The lowest BCUT2D eigenvalue weighted by atomic mass is 9.97. The van der Waals surface area contributed by atoms with Gasteiger partial charge in [-0.2, -0.15) is 0 Å². The van der Waals surface area contributed by atoms with Crippen molar-refractivity contribution in [2.24, 2.45) is 5.16 Å². The van der Waals surface area contributed by atoms with Crippen LogP contribution in [0.25, 0.3) is 0 Å². The first kappa shape index (κ1) is 28.9. The second-order valence-electron chi connectivity index (χ2n) is 8.79. The predicted molar refractivity (Wildman–Crippen MR) is 140 cm³/mol. The summed E-state index contributed by atoms with van der Waals surface area (Å²) in [6.07, 6.45) is 9.88. The Balaban J connectivity index is 2.10. The SMILES string of the molecule is CCCCCCCCCCOc1ccc(C(=NO)c2cccc(C(=O)OCC)c2)cc1CCC(=O)O. The number of carboxylic acid groups (broad SMARTS) is 1. The van der Waals surface area contributed by atoms with Gasteiger partial charge in [-0.15, -0.1) is 0 Å². The van der Waals surface area contributed by atoms with Gasteiger partial charge in [0.2, 0.25) is 0 Å². The van der Waals surface area contributed by atoms with Crippen molar-refractivity contribution in [2.75, 3.05) is 13.2 Å². The van der Waals surface area contributed by atoms with Gasteiger partial charge in [0.15, 0.2) is 0 Å². The van der Waals surface area contributed by atoms with Crippen LogP contribution >= 0.6 is 0 Å². The summed E-state index contributed by atoms with van der Waals surface area (Å²) in [5.74, 6) is -0.711. The van der Waals surface area contributed by atoms with Gasteiger partial charge >= 0.3 is 11.9 Å². The average molecular weight is 498 g/mol. The van der Waals surface area contributed by atoms with Crippen molar-refractivity contribution in [1.29, 1.82) is 0 Å². The van der Waals surface area contributed by atoms with Crippen LogP contribution in [-0.4, -0.2) is 41.2 Å². The molecule has 7 nitrogen and oxygen atoms in total. The van der Waals surface area contributed by atoms with Crippen molar-refractivity contribution in [3.05, 3.63) is 64.7 Å². The molecule has 2 aromatic carbocycles. The van der Waals surface area contributed by atoms with Gasteiger partial charge in [0.1, 0.15) is 11.5 Å². The molecule has 0 atom stereocenters. The first-order valence-corrected chi connectivity index (χ1v) is 13.0. The lowest BCUT2D eigenvalue weighted by Crippen LogP contribution is -2.10. The Morgan fingerprint density at radius 1 is 0.861 bits per heavy atom. The van der Waals surface area contributed by atoms with E-state index in [2.05, 4.69) is 12.1 Å². The van der Waals surface area contributed by atoms with Gasteiger partial charge in [0, 0.05) is 17.5 Å². The van der Waals surface area contributed by atoms with E-state index in [0.717, 1.165) is 18.4 Å². The van der Waals surface area contributed by atoms with E-state index in [1.165, 1.54) is 38.5 Å². The van der Waals surface area contributed by atoms with Crippen molar-refractivity contribution >= 4 is 17.7 Å². The van der Waals surface area contributed by atoms with Crippen molar-refractivity contribution in [3.8, 4) is 5.75 Å². The van der Waals surface area contributed by atoms with Gasteiger partial charge in [-0.25, -0.2) is 4.79 Å². The van der Waals surface area contributed by atoms with Gasteiger partial charge in [-0.3, -0.25) is 4.79 Å². The van der Waals surface area contributed by atoms with Crippen LogP contribution in [0.15, 0.2) is 47.6 Å². The van der Waals surface area contributed by atoms with Gasteiger partial charge in [0.05, 0.1) is 18.8 Å². The van der Waals surface area contributed by atoms with E-state index in [9.17, 15) is 19.9 Å². The summed E-state index contributed by atoms with van der Waals surface area (Å²) in [6, 6.07) is 12.0. The minimum Gasteiger partial charge on any atom is -0.493 e. The molecule has 7 heteroatoms. The number of aryl methyl sites for hydroxylation is 1. The Labute approximate surface area is 214 Å². The smallest absolute Gasteiger partial charge is 0.338 e. The van der Waals surface area contributed by atoms with Crippen LogP contribution in [-0.2, 0) is 16.0 Å². The molecule has 2 aromatic rings. The minimum absolute atomic E-state index is 0.0402. The number of aliphatic carboxylic acids is 1. The van der Waals surface area contributed by atoms with Crippen LogP contribution in [0.4, 0.5) is 0 Å². The molecule has 0 fully saturated rings. The molecule has 0 aliphatic heterocycles. The molecule has 0 heterocycles. The standard InChI is InChI=1S/C29H39NO6/c1-3-5-6-7-8-9-10-11-19-36-26-17-15-24(20-22(26)16-18-27(31)32)28(30-34)23-13-12-14-25(21-23)29(33)35-4-2/h12-15,17,20-21,34H,3-11,16,18-19H2,1-2H3,(H,31,32). The average Bonchev–Trinajstić information content (AvgIpc) is 2.88. The maximum atomic E-state index is 12.1. The molecule has 2 N–H and O–H groups in total. The van der Waals surface area contributed by atoms with E-state index in [0.29, 0.717) is 29.0 Å². The Bertz CT molecular complexity index is 1000. The number of hydrogen-bond donors (Lipinski definition) is 2. The summed E-state index contributed by atoms with van der Waals surface area (Å²) in [5.41, 5.74) is 2.49. The third-order valence-electron chi connectivity index (χ3n) is 5.94. The number of esters is 1. The summed E-state index contributed by atoms with van der Waals surface area (Å²) < 4.78 is 11.1. The number of carbonyl (C=O) groups is 2. The third kappa shape index (κ3) is 9.72. The zero-order valence-corrected chi connectivity index (χ0v) is 21.5. The molecule has 0 aliphatic rings. The van der Waals surface area contributed by atoms with Gasteiger partial charge < -0.3 is 19.8 Å². The summed E-state index contributed by atoms with van der Waals surface area (Å²) in [5, 5.41) is 22.5. The second kappa shape index (κ2) is 16.3. The van der Waals surface area contributed by atoms with E-state index >= 15 is 0 Å². The van der Waals surface area contributed by atoms with Crippen molar-refractivity contribution in [3.63, 3.8) is 0 Å². The number of benzene rings is 2. The molecule has 0 aliphatic carbocycles. The van der Waals surface area contributed by atoms with Crippen molar-refractivity contribution in [2.45, 2.75) is 78.1 Å². The fourth-order valence-corrected chi connectivity index (χ4v) is 4.01. The van der Waals surface area contributed by atoms with Crippen LogP contribution < -0.4 is 4.74 Å². The quantitative estimate of drug-likeness (QED) is 0.0836. The molecule has 0 aromatic heterocycles. The predicted octanol–water partition coefficient (Wildman–Crippen LogP) is 6.63. The van der Waals surface area contributed by atoms with Crippen LogP contribution in [0.5, 0.6) is 5.75 Å². The maximum absolute atomic E-state index is 12.1. The molecular formula is C29H39NO6. The van der Waals surface area contributed by atoms with Crippen LogP contribution in [0.1, 0.15) is 98.7 Å². The van der Waals surface area contributed by atoms with Gasteiger partial charge in [-0.1, -0.05) is 69.2 Å². The summed E-state index contributed by atoms with van der Waals surface area (Å²) in [7, 11) is 0. The Morgan fingerprint density at radius 3 is 2.19 bits per heavy atom. The fraction of sp³-hybridized carbons (Fsp3) is 0.483. The largest absolute Gasteiger partial charge is 0.493 e. The number of carbonyl (C=O) groups excluding carboxylic acids is 1. The molecule has 0 saturated carbocycles. The number of carboxylic acids is 1. The lowest BCUT2D eigenvalue weighted by molar-refractivity contribution is -0.136. The monoisotopic (exact) mass is 497 g/mol.